The van der Waals surface area contributed by atoms with Gasteiger partial charge in [0.05, 0.1) is 16.3 Å². The molecule has 2 rings (SSSR count). The molecule has 0 aliphatic rings. The largest absolute Gasteiger partial charge is 0.573 e. The smallest absolute Gasteiger partial charge is 0.406 e. The second-order valence-corrected chi connectivity index (χ2v) is 9.11. The molecule has 0 radical (unpaired) electrons. The maximum atomic E-state index is 12.4. The number of ether oxygens (including phenoxy) is 1. The zero-order valence-corrected chi connectivity index (χ0v) is 20.4. The van der Waals surface area contributed by atoms with E-state index in [9.17, 15) is 22.8 Å². The Morgan fingerprint density at radius 3 is 2.50 bits per heavy atom. The number of aromatic nitrogens is 1. The molecule has 0 saturated carbocycles. The Morgan fingerprint density at radius 1 is 1.09 bits per heavy atom. The first kappa shape index (κ1) is 27.8. The van der Waals surface area contributed by atoms with Gasteiger partial charge in [0, 0.05) is 19.0 Å². The highest BCUT2D eigenvalue weighted by atomic mass is 32.1. The molecule has 0 aliphatic carbocycles. The van der Waals surface area contributed by atoms with E-state index in [2.05, 4.69) is 32.6 Å². The molecule has 2 amide bonds. The first-order valence-electron chi connectivity index (χ1n) is 11.6. The van der Waals surface area contributed by atoms with Gasteiger partial charge in [-0.05, 0) is 44.9 Å². The molecule has 0 aliphatic heterocycles. The Morgan fingerprint density at radius 2 is 1.79 bits per heavy atom. The average molecular weight is 503 g/mol. The summed E-state index contributed by atoms with van der Waals surface area (Å²) >= 11 is 1.10. The molecule has 0 spiro atoms. The number of fused-ring (bicyclic) bond motifs is 1. The average Bonchev–Trinajstić information content (AvgIpc) is 3.16. The molecular formula is C23H33F3N4O3S. The zero-order chi connectivity index (χ0) is 25.0. The van der Waals surface area contributed by atoms with E-state index >= 15 is 0 Å². The van der Waals surface area contributed by atoms with Crippen molar-refractivity contribution in [2.45, 2.75) is 77.6 Å². The van der Waals surface area contributed by atoms with Crippen molar-refractivity contribution in [2.24, 2.45) is 0 Å². The molecule has 0 bridgehead atoms. The molecule has 2 aromatic rings. The highest BCUT2D eigenvalue weighted by Gasteiger charge is 2.31. The number of benzene rings is 1. The fourth-order valence-electron chi connectivity index (χ4n) is 3.27. The lowest BCUT2D eigenvalue weighted by molar-refractivity contribution is -0.274. The summed E-state index contributed by atoms with van der Waals surface area (Å²) in [5.74, 6) is -0.454. The van der Waals surface area contributed by atoms with Crippen LogP contribution in [0, 0.1) is 0 Å². The van der Waals surface area contributed by atoms with E-state index in [1.165, 1.54) is 18.2 Å². The van der Waals surface area contributed by atoms with Crippen LogP contribution in [-0.4, -0.2) is 42.3 Å². The minimum absolute atomic E-state index is 0.0303. The molecule has 1 atom stereocenters. The SMILES string of the molecule is CCCNC(C)C(=O)NCCCCCCCCC(=O)Nc1nc2ccc(OC(F)(F)F)cc2s1. The minimum atomic E-state index is -4.75. The molecule has 7 nitrogen and oxygen atoms in total. The van der Waals surface area contributed by atoms with Gasteiger partial charge < -0.3 is 20.7 Å². The second-order valence-electron chi connectivity index (χ2n) is 8.08. The van der Waals surface area contributed by atoms with Gasteiger partial charge in [-0.15, -0.1) is 13.2 Å². The fraction of sp³-hybridized carbons (Fsp3) is 0.609. The summed E-state index contributed by atoms with van der Waals surface area (Å²) in [5, 5.41) is 9.16. The van der Waals surface area contributed by atoms with Crippen molar-refractivity contribution >= 4 is 38.5 Å². The summed E-state index contributed by atoms with van der Waals surface area (Å²) in [5.41, 5.74) is 0.498. The highest BCUT2D eigenvalue weighted by molar-refractivity contribution is 7.22. The summed E-state index contributed by atoms with van der Waals surface area (Å²) in [6, 6.07) is 3.71. The number of amides is 2. The third kappa shape index (κ3) is 10.7. The summed E-state index contributed by atoms with van der Waals surface area (Å²) in [7, 11) is 0. The molecule has 1 heterocycles. The number of alkyl halides is 3. The summed E-state index contributed by atoms with van der Waals surface area (Å²) < 4.78 is 41.5. The third-order valence-electron chi connectivity index (χ3n) is 5.06. The molecule has 1 aromatic carbocycles. The van der Waals surface area contributed by atoms with Crippen LogP contribution in [0.2, 0.25) is 0 Å². The van der Waals surface area contributed by atoms with Crippen LogP contribution in [0.3, 0.4) is 0 Å². The fourth-order valence-corrected chi connectivity index (χ4v) is 4.18. The van der Waals surface area contributed by atoms with Crippen molar-refractivity contribution in [1.82, 2.24) is 15.6 Å². The van der Waals surface area contributed by atoms with Crippen molar-refractivity contribution in [3.63, 3.8) is 0 Å². The van der Waals surface area contributed by atoms with Crippen LogP contribution in [0.25, 0.3) is 10.2 Å². The van der Waals surface area contributed by atoms with E-state index in [0.717, 1.165) is 62.8 Å². The lowest BCUT2D eigenvalue weighted by atomic mass is 10.1. The first-order chi connectivity index (χ1) is 16.2. The van der Waals surface area contributed by atoms with Crippen LogP contribution in [0.5, 0.6) is 5.75 Å². The topological polar surface area (TPSA) is 92.4 Å². The number of halogens is 3. The van der Waals surface area contributed by atoms with E-state index in [1.54, 1.807) is 0 Å². The van der Waals surface area contributed by atoms with Gasteiger partial charge >= 0.3 is 6.36 Å². The number of nitrogens with zero attached hydrogens (tertiary/aromatic N) is 1. The number of carbonyl (C=O) groups excluding carboxylic acids is 2. The highest BCUT2D eigenvalue weighted by Crippen LogP contribution is 2.31. The van der Waals surface area contributed by atoms with Gasteiger partial charge in [0.25, 0.3) is 0 Å². The molecule has 34 heavy (non-hydrogen) atoms. The van der Waals surface area contributed by atoms with E-state index in [-0.39, 0.29) is 23.6 Å². The molecule has 3 N–H and O–H groups in total. The van der Waals surface area contributed by atoms with Crippen molar-refractivity contribution in [3.8, 4) is 5.75 Å². The summed E-state index contributed by atoms with van der Waals surface area (Å²) in [6.07, 6.45) is 2.28. The zero-order valence-electron chi connectivity index (χ0n) is 19.6. The number of hydrogen-bond acceptors (Lipinski definition) is 6. The predicted octanol–water partition coefficient (Wildman–Crippen LogP) is 5.37. The number of nitrogens with one attached hydrogen (secondary N) is 3. The van der Waals surface area contributed by atoms with Gasteiger partial charge in [-0.2, -0.15) is 0 Å². The number of unbranched alkanes of at least 4 members (excludes halogenated alkanes) is 5. The predicted molar refractivity (Wildman–Crippen MR) is 128 cm³/mol. The number of carbonyl (C=O) groups is 2. The van der Waals surface area contributed by atoms with Crippen LogP contribution in [0.4, 0.5) is 18.3 Å². The van der Waals surface area contributed by atoms with Gasteiger partial charge in [0.1, 0.15) is 5.75 Å². The molecule has 1 aromatic heterocycles. The van der Waals surface area contributed by atoms with Crippen LogP contribution >= 0.6 is 11.3 Å². The van der Waals surface area contributed by atoms with Gasteiger partial charge in [0.2, 0.25) is 11.8 Å². The Kier molecular flexibility index (Phi) is 11.5. The van der Waals surface area contributed by atoms with Gasteiger partial charge in [-0.3, -0.25) is 9.59 Å². The quantitative estimate of drug-likeness (QED) is 0.285. The Balaban J connectivity index is 1.56. The molecular weight excluding hydrogens is 469 g/mol. The van der Waals surface area contributed by atoms with Crippen LogP contribution in [0.15, 0.2) is 18.2 Å². The normalized spacial score (nSPS) is 12.5. The summed E-state index contributed by atoms with van der Waals surface area (Å²) in [4.78, 5) is 28.2. The minimum Gasteiger partial charge on any atom is -0.406 e. The molecule has 190 valence electrons. The molecule has 0 fully saturated rings. The number of hydrogen-bond donors (Lipinski definition) is 3. The Hall–Kier alpha value is -2.40. The van der Waals surface area contributed by atoms with Crippen molar-refractivity contribution < 1.29 is 27.5 Å². The van der Waals surface area contributed by atoms with Crippen molar-refractivity contribution in [2.75, 3.05) is 18.4 Å². The van der Waals surface area contributed by atoms with Gasteiger partial charge in [-0.1, -0.05) is 43.9 Å². The van der Waals surface area contributed by atoms with E-state index in [4.69, 9.17) is 0 Å². The van der Waals surface area contributed by atoms with Crippen LogP contribution in [-0.2, 0) is 9.59 Å². The van der Waals surface area contributed by atoms with E-state index in [1.807, 2.05) is 6.92 Å². The number of anilines is 1. The molecule has 11 heteroatoms. The lowest BCUT2D eigenvalue weighted by Gasteiger charge is -2.13. The number of rotatable bonds is 15. The monoisotopic (exact) mass is 502 g/mol. The van der Waals surface area contributed by atoms with Gasteiger partial charge in [-0.25, -0.2) is 4.98 Å². The van der Waals surface area contributed by atoms with E-state index < -0.39 is 6.36 Å². The number of thiazole rings is 1. The lowest BCUT2D eigenvalue weighted by Crippen LogP contribution is -2.42. The van der Waals surface area contributed by atoms with E-state index in [0.29, 0.717) is 28.3 Å². The summed E-state index contributed by atoms with van der Waals surface area (Å²) in [6.45, 7) is 5.42. The first-order valence-corrected chi connectivity index (χ1v) is 12.5. The molecule has 1 unspecified atom stereocenters. The molecule has 0 saturated heterocycles. The Bertz CT molecular complexity index is 920. The van der Waals surface area contributed by atoms with Crippen molar-refractivity contribution in [3.05, 3.63) is 18.2 Å². The maximum absolute atomic E-state index is 12.4. The maximum Gasteiger partial charge on any atom is 0.573 e. The third-order valence-corrected chi connectivity index (χ3v) is 6.00. The standard InChI is InChI=1S/C23H33F3N4O3S/c1-3-13-27-16(2)21(32)28-14-9-7-5-4-6-8-10-20(31)30-22-29-18-12-11-17(15-19(18)34-22)33-23(24,25)26/h11-12,15-16,27H,3-10,13-14H2,1-2H3,(H,28,32)(H,29,30,31). The van der Waals surface area contributed by atoms with Crippen molar-refractivity contribution in [1.29, 1.82) is 0 Å². The van der Waals surface area contributed by atoms with Crippen LogP contribution in [0.1, 0.15) is 65.2 Å². The Labute approximate surface area is 201 Å². The second kappa shape index (κ2) is 14.1. The van der Waals surface area contributed by atoms with Gasteiger partial charge in [0.15, 0.2) is 5.13 Å². The van der Waals surface area contributed by atoms with Crippen LogP contribution < -0.4 is 20.7 Å².